The van der Waals surface area contributed by atoms with Crippen LogP contribution in [0.15, 0.2) is 53.3 Å². The molecule has 0 radical (unpaired) electrons. The molecule has 0 fully saturated rings. The predicted octanol–water partition coefficient (Wildman–Crippen LogP) is 4.86. The minimum Gasteiger partial charge on any atom is -0.493 e. The average Bonchev–Trinajstić information content (AvgIpc) is 2.75. The van der Waals surface area contributed by atoms with Gasteiger partial charge in [-0.15, -0.1) is 11.6 Å². The molecule has 0 aliphatic rings. The van der Waals surface area contributed by atoms with Gasteiger partial charge in [0, 0.05) is 29.6 Å². The lowest BCUT2D eigenvalue weighted by atomic mass is 10.0. The van der Waals surface area contributed by atoms with Crippen LogP contribution in [0.25, 0.3) is 5.69 Å². The van der Waals surface area contributed by atoms with Gasteiger partial charge in [0.25, 0.3) is 5.56 Å². The Morgan fingerprint density at radius 2 is 1.62 bits per heavy atom. The lowest BCUT2D eigenvalue weighted by Crippen LogP contribution is -2.25. The largest absolute Gasteiger partial charge is 0.493 e. The Hall–Kier alpha value is -3.26. The van der Waals surface area contributed by atoms with E-state index in [4.69, 9.17) is 22.1 Å². The fraction of sp³-hybridized carbons (Fsp3) is 0.217. The molecule has 0 aliphatic heterocycles. The number of alkyl halides is 1. The normalized spacial score (nSPS) is 10.9. The molecule has 168 valence electrons. The molecule has 2 aromatic carbocycles. The Morgan fingerprint density at radius 1 is 0.969 bits per heavy atom. The summed E-state index contributed by atoms with van der Waals surface area (Å²) >= 11 is 5.60. The number of nitrogens with zero attached hydrogens (tertiary/aromatic N) is 1. The zero-order valence-electron chi connectivity index (χ0n) is 16.9. The highest BCUT2D eigenvalue weighted by Gasteiger charge is 2.22. The number of carbonyl (C=O) groups excluding carboxylic acids is 1. The maximum atomic E-state index is 14.8. The van der Waals surface area contributed by atoms with E-state index < -0.39 is 40.3 Å². The van der Waals surface area contributed by atoms with Crippen molar-refractivity contribution >= 4 is 23.2 Å². The molecule has 0 bridgehead atoms. The highest BCUT2D eigenvalue weighted by molar-refractivity contribution is 6.17. The summed E-state index contributed by atoms with van der Waals surface area (Å²) in [6, 6.07) is 8.70. The van der Waals surface area contributed by atoms with E-state index in [2.05, 4.69) is 0 Å². The molecule has 1 aromatic heterocycles. The van der Waals surface area contributed by atoms with Crippen molar-refractivity contribution in [3.05, 3.63) is 87.5 Å². The van der Waals surface area contributed by atoms with Gasteiger partial charge in [-0.1, -0.05) is 0 Å². The Morgan fingerprint density at radius 3 is 2.25 bits per heavy atom. The second-order valence-corrected chi connectivity index (χ2v) is 7.35. The van der Waals surface area contributed by atoms with Crippen molar-refractivity contribution in [3.8, 4) is 11.4 Å². The highest BCUT2D eigenvalue weighted by atomic mass is 35.5. The molecule has 2 N–H and O–H groups in total. The van der Waals surface area contributed by atoms with Crippen molar-refractivity contribution < 1.29 is 22.7 Å². The van der Waals surface area contributed by atoms with Gasteiger partial charge >= 0.3 is 0 Å². The predicted molar refractivity (Wildman–Crippen MR) is 116 cm³/mol. The first-order valence-corrected chi connectivity index (χ1v) is 10.4. The first kappa shape index (κ1) is 23.4. The van der Waals surface area contributed by atoms with Crippen LogP contribution in [-0.4, -0.2) is 22.8 Å². The van der Waals surface area contributed by atoms with E-state index in [-0.39, 0.29) is 23.5 Å². The molecule has 5 nitrogen and oxygen atoms in total. The molecule has 0 saturated carbocycles. The van der Waals surface area contributed by atoms with Crippen molar-refractivity contribution in [2.75, 3.05) is 18.2 Å². The quantitative estimate of drug-likeness (QED) is 0.279. The van der Waals surface area contributed by atoms with Gasteiger partial charge in [0.15, 0.2) is 17.4 Å². The van der Waals surface area contributed by atoms with Gasteiger partial charge in [0.2, 0.25) is 0 Å². The van der Waals surface area contributed by atoms with E-state index >= 15 is 0 Å². The number of carbonyl (C=O) groups is 1. The van der Waals surface area contributed by atoms with Crippen molar-refractivity contribution in [1.82, 2.24) is 4.57 Å². The van der Waals surface area contributed by atoms with Crippen LogP contribution >= 0.6 is 11.6 Å². The molecular formula is C23H20ClF3N2O3. The van der Waals surface area contributed by atoms with Crippen molar-refractivity contribution in [1.29, 1.82) is 0 Å². The summed E-state index contributed by atoms with van der Waals surface area (Å²) in [5.41, 5.74) is 4.37. The number of halogens is 4. The Labute approximate surface area is 187 Å². The minimum atomic E-state index is -1.08. The van der Waals surface area contributed by atoms with Crippen LogP contribution in [0.3, 0.4) is 0 Å². The summed E-state index contributed by atoms with van der Waals surface area (Å²) in [6.07, 6.45) is 2.28. The standard InChI is InChI=1S/C23H20ClF3N2O3/c24-10-2-1-3-11-32-16-12-18(26)21(19(27)13-16)29-20(30)9-8-17(23(29)28)22(31)14-4-6-15(25)7-5-14/h4-9,12-13H,1-3,10-11,28H2. The van der Waals surface area contributed by atoms with Gasteiger partial charge in [-0.3, -0.25) is 14.2 Å². The van der Waals surface area contributed by atoms with Crippen LogP contribution in [0.5, 0.6) is 5.75 Å². The zero-order chi connectivity index (χ0) is 23.3. The molecule has 0 atom stereocenters. The lowest BCUT2D eigenvalue weighted by Gasteiger charge is -2.15. The van der Waals surface area contributed by atoms with E-state index in [1.165, 1.54) is 12.1 Å². The third-order valence-electron chi connectivity index (χ3n) is 4.74. The van der Waals surface area contributed by atoms with Crippen molar-refractivity contribution in [2.45, 2.75) is 19.3 Å². The fourth-order valence-electron chi connectivity index (χ4n) is 3.14. The molecule has 0 amide bonds. The number of rotatable bonds is 9. The van der Waals surface area contributed by atoms with Crippen molar-refractivity contribution in [2.24, 2.45) is 0 Å². The molecule has 3 rings (SSSR count). The Bertz CT molecular complexity index is 1160. The summed E-state index contributed by atoms with van der Waals surface area (Å²) in [5.74, 6) is -3.29. The summed E-state index contributed by atoms with van der Waals surface area (Å²) in [5, 5.41) is 0. The molecule has 9 heteroatoms. The first-order chi connectivity index (χ1) is 15.3. The molecule has 0 unspecified atom stereocenters. The molecule has 1 heterocycles. The maximum absolute atomic E-state index is 14.8. The van der Waals surface area contributed by atoms with E-state index in [9.17, 15) is 22.8 Å². The third-order valence-corrected chi connectivity index (χ3v) is 5.01. The van der Waals surface area contributed by atoms with Crippen LogP contribution in [0.1, 0.15) is 35.2 Å². The summed E-state index contributed by atoms with van der Waals surface area (Å²) in [7, 11) is 0. The first-order valence-electron chi connectivity index (χ1n) is 9.83. The number of unbranched alkanes of at least 4 members (excludes halogenated alkanes) is 2. The number of pyridine rings is 1. The topological polar surface area (TPSA) is 74.3 Å². The number of hydrogen-bond acceptors (Lipinski definition) is 4. The van der Waals surface area contributed by atoms with Gasteiger partial charge in [-0.05, 0) is 49.6 Å². The highest BCUT2D eigenvalue weighted by Crippen LogP contribution is 2.27. The molecule has 0 spiro atoms. The number of benzene rings is 2. The molecule has 3 aromatic rings. The van der Waals surface area contributed by atoms with E-state index in [1.807, 2.05) is 0 Å². The lowest BCUT2D eigenvalue weighted by molar-refractivity contribution is 0.103. The molecule has 32 heavy (non-hydrogen) atoms. The number of hydrogen-bond donors (Lipinski definition) is 1. The van der Waals surface area contributed by atoms with Crippen LogP contribution in [0, 0.1) is 17.5 Å². The van der Waals surface area contributed by atoms with Gasteiger partial charge in [0.05, 0.1) is 12.2 Å². The number of anilines is 1. The van der Waals surface area contributed by atoms with Crippen molar-refractivity contribution in [3.63, 3.8) is 0 Å². The van der Waals surface area contributed by atoms with Crippen LogP contribution in [-0.2, 0) is 0 Å². The summed E-state index contributed by atoms with van der Waals surface area (Å²) in [4.78, 5) is 25.2. The number of ketones is 1. The van der Waals surface area contributed by atoms with E-state index in [1.54, 1.807) is 0 Å². The summed E-state index contributed by atoms with van der Waals surface area (Å²) < 4.78 is 48.7. The van der Waals surface area contributed by atoms with Gasteiger partial charge in [-0.2, -0.15) is 0 Å². The number of aromatic nitrogens is 1. The van der Waals surface area contributed by atoms with Gasteiger partial charge in [-0.25, -0.2) is 13.2 Å². The number of ether oxygens (including phenoxy) is 1. The third kappa shape index (κ3) is 5.13. The Kier molecular flexibility index (Phi) is 7.58. The zero-order valence-corrected chi connectivity index (χ0v) is 17.7. The number of nitrogen functional groups attached to an aromatic ring is 1. The van der Waals surface area contributed by atoms with E-state index in [0.29, 0.717) is 16.9 Å². The minimum absolute atomic E-state index is 0.0419. The molecule has 0 aliphatic carbocycles. The SMILES string of the molecule is Nc1c(C(=O)c2ccc(F)cc2)ccc(=O)n1-c1c(F)cc(OCCCCCCl)cc1F. The smallest absolute Gasteiger partial charge is 0.256 e. The molecular weight excluding hydrogens is 445 g/mol. The Balaban J connectivity index is 1.95. The maximum Gasteiger partial charge on any atom is 0.256 e. The second kappa shape index (κ2) is 10.4. The van der Waals surface area contributed by atoms with Gasteiger partial charge in [0.1, 0.15) is 23.1 Å². The van der Waals surface area contributed by atoms with Crippen LogP contribution < -0.4 is 16.0 Å². The monoisotopic (exact) mass is 464 g/mol. The fourth-order valence-corrected chi connectivity index (χ4v) is 3.32. The van der Waals surface area contributed by atoms with Crippen LogP contribution in [0.4, 0.5) is 19.0 Å². The summed E-state index contributed by atoms with van der Waals surface area (Å²) in [6.45, 7) is 0.249. The number of nitrogens with two attached hydrogens (primary N) is 1. The van der Waals surface area contributed by atoms with Crippen LogP contribution in [0.2, 0.25) is 0 Å². The van der Waals surface area contributed by atoms with E-state index in [0.717, 1.165) is 49.2 Å². The molecule has 0 saturated heterocycles. The van der Waals surface area contributed by atoms with Gasteiger partial charge < -0.3 is 10.5 Å². The average molecular weight is 465 g/mol. The second-order valence-electron chi connectivity index (χ2n) is 6.98.